The van der Waals surface area contributed by atoms with Gasteiger partial charge in [0.05, 0.1) is 29.2 Å². The Morgan fingerprint density at radius 1 is 1.14 bits per heavy atom. The second-order valence-corrected chi connectivity index (χ2v) is 8.67. The van der Waals surface area contributed by atoms with Crippen molar-refractivity contribution in [1.29, 1.82) is 0 Å². The summed E-state index contributed by atoms with van der Waals surface area (Å²) in [5.74, 6) is -1.23. The van der Waals surface area contributed by atoms with E-state index in [1.807, 2.05) is 16.7 Å². The van der Waals surface area contributed by atoms with Gasteiger partial charge in [0.1, 0.15) is 0 Å². The topological polar surface area (TPSA) is 119 Å². The summed E-state index contributed by atoms with van der Waals surface area (Å²) in [5.41, 5.74) is 0.914. The zero-order valence-corrected chi connectivity index (χ0v) is 17.1. The first-order chi connectivity index (χ1) is 13.3. The molecule has 1 aromatic rings. The molecule has 1 saturated heterocycles. The Balaban J connectivity index is 2.10. The lowest BCUT2D eigenvalue weighted by molar-refractivity contribution is -0.122. The smallest absolute Gasteiger partial charge is 0.335 e. The predicted molar refractivity (Wildman–Crippen MR) is 108 cm³/mol. The summed E-state index contributed by atoms with van der Waals surface area (Å²) in [6.07, 6.45) is 0.891. The molecule has 28 heavy (non-hydrogen) atoms. The first kappa shape index (κ1) is 22.0. The molecule has 10 heteroatoms. The van der Waals surface area contributed by atoms with Crippen molar-refractivity contribution in [1.82, 2.24) is 10.2 Å². The highest BCUT2D eigenvalue weighted by Crippen LogP contribution is 2.29. The first-order valence-corrected chi connectivity index (χ1v) is 11.0. The van der Waals surface area contributed by atoms with Crippen molar-refractivity contribution in [3.63, 3.8) is 0 Å². The zero-order valence-electron chi connectivity index (χ0n) is 16.3. The number of piperazine rings is 1. The molecular weight excluding hydrogens is 384 g/mol. The van der Waals surface area contributed by atoms with E-state index in [-0.39, 0.29) is 22.9 Å². The molecule has 0 radical (unpaired) electrons. The molecule has 0 aromatic heterocycles. The Kier molecular flexibility index (Phi) is 7.64. The lowest BCUT2D eigenvalue weighted by Crippen LogP contribution is -2.49. The molecule has 1 amide bonds. The van der Waals surface area contributed by atoms with E-state index in [2.05, 4.69) is 10.0 Å². The van der Waals surface area contributed by atoms with Gasteiger partial charge in [-0.05, 0) is 31.5 Å². The van der Waals surface area contributed by atoms with Crippen LogP contribution in [0.15, 0.2) is 18.2 Å². The largest absolute Gasteiger partial charge is 0.478 e. The number of benzene rings is 1. The summed E-state index contributed by atoms with van der Waals surface area (Å²) < 4.78 is 26.5. The molecule has 9 nitrogen and oxygen atoms in total. The van der Waals surface area contributed by atoms with Gasteiger partial charge in [0, 0.05) is 32.7 Å². The molecule has 156 valence electrons. The number of hydrogen-bond donors (Lipinski definition) is 3. The summed E-state index contributed by atoms with van der Waals surface area (Å²) >= 11 is 0. The van der Waals surface area contributed by atoms with Crippen molar-refractivity contribution in [3.05, 3.63) is 23.8 Å². The molecule has 3 N–H and O–H groups in total. The average molecular weight is 413 g/mol. The molecule has 1 aliphatic heterocycles. The van der Waals surface area contributed by atoms with E-state index in [1.165, 1.54) is 19.1 Å². The Bertz CT molecular complexity index is 804. The summed E-state index contributed by atoms with van der Waals surface area (Å²) in [4.78, 5) is 27.2. The molecular formula is C18H28N4O5S. The Morgan fingerprint density at radius 3 is 2.39 bits per heavy atom. The number of amides is 1. The fourth-order valence-electron chi connectivity index (χ4n) is 2.94. The maximum atomic E-state index is 12.0. The molecule has 0 bridgehead atoms. The zero-order chi connectivity index (χ0) is 20.7. The number of hydrogen-bond acceptors (Lipinski definition) is 6. The first-order valence-electron chi connectivity index (χ1n) is 9.37. The maximum Gasteiger partial charge on any atom is 0.335 e. The van der Waals surface area contributed by atoms with Crippen LogP contribution < -0.4 is 14.9 Å². The van der Waals surface area contributed by atoms with Crippen LogP contribution in [0.4, 0.5) is 11.4 Å². The van der Waals surface area contributed by atoms with Gasteiger partial charge in [0.2, 0.25) is 15.9 Å². The average Bonchev–Trinajstić information content (AvgIpc) is 2.66. The number of nitrogens with one attached hydrogen (secondary N) is 2. The number of carbonyl (C=O) groups is 2. The number of sulfonamides is 1. The van der Waals surface area contributed by atoms with Gasteiger partial charge in [-0.25, -0.2) is 13.2 Å². The molecule has 0 atom stereocenters. The van der Waals surface area contributed by atoms with Gasteiger partial charge in [-0.1, -0.05) is 6.92 Å². The highest BCUT2D eigenvalue weighted by Gasteiger charge is 2.23. The molecule has 1 aliphatic rings. The molecule has 2 rings (SSSR count). The molecule has 1 fully saturated rings. The third kappa shape index (κ3) is 6.10. The highest BCUT2D eigenvalue weighted by molar-refractivity contribution is 7.92. The summed E-state index contributed by atoms with van der Waals surface area (Å²) in [6, 6.07) is 4.43. The Morgan fingerprint density at radius 2 is 1.82 bits per heavy atom. The van der Waals surface area contributed by atoms with Crippen molar-refractivity contribution in [3.8, 4) is 0 Å². The van der Waals surface area contributed by atoms with Crippen LogP contribution >= 0.6 is 0 Å². The van der Waals surface area contributed by atoms with Gasteiger partial charge < -0.3 is 15.3 Å². The van der Waals surface area contributed by atoms with Gasteiger partial charge >= 0.3 is 5.97 Å². The fraction of sp³-hybridized carbons (Fsp3) is 0.556. The van der Waals surface area contributed by atoms with E-state index in [4.69, 9.17) is 0 Å². The highest BCUT2D eigenvalue weighted by atomic mass is 32.2. The van der Waals surface area contributed by atoms with Gasteiger partial charge in [-0.2, -0.15) is 0 Å². The van der Waals surface area contributed by atoms with Crippen molar-refractivity contribution >= 4 is 33.3 Å². The lowest BCUT2D eigenvalue weighted by Gasteiger charge is -2.36. The van der Waals surface area contributed by atoms with E-state index in [1.54, 1.807) is 6.07 Å². The van der Waals surface area contributed by atoms with Crippen molar-refractivity contribution in [2.75, 3.05) is 54.6 Å². The molecule has 0 aliphatic carbocycles. The maximum absolute atomic E-state index is 12.0. The van der Waals surface area contributed by atoms with Gasteiger partial charge in [0.25, 0.3) is 0 Å². The van der Waals surface area contributed by atoms with E-state index >= 15 is 0 Å². The minimum Gasteiger partial charge on any atom is -0.478 e. The summed E-state index contributed by atoms with van der Waals surface area (Å²) in [7, 11) is -3.54. The van der Waals surface area contributed by atoms with Crippen LogP contribution in [-0.4, -0.2) is 75.3 Å². The number of rotatable bonds is 9. The normalized spacial score (nSPS) is 15.3. The van der Waals surface area contributed by atoms with E-state index in [9.17, 15) is 23.1 Å². The Labute approximate surface area is 165 Å². The minimum atomic E-state index is -3.54. The summed E-state index contributed by atoms with van der Waals surface area (Å²) in [5, 5.41) is 12.1. The standard InChI is InChI=1S/C18H28N4O5S/c1-3-7-19-17(23)13-21-8-10-22(11-9-21)16-6-5-14(18(24)25)12-15(16)20-28(26,27)4-2/h5-6,12,20H,3-4,7-11,13H2,1-2H3,(H,19,23)(H,24,25). The molecule has 1 aromatic carbocycles. The van der Waals surface area contributed by atoms with Gasteiger partial charge in [0.15, 0.2) is 0 Å². The van der Waals surface area contributed by atoms with Crippen LogP contribution in [0, 0.1) is 0 Å². The van der Waals surface area contributed by atoms with Gasteiger partial charge in [-0.3, -0.25) is 14.4 Å². The predicted octanol–water partition coefficient (Wildman–Crippen LogP) is 0.795. The van der Waals surface area contributed by atoms with E-state index < -0.39 is 16.0 Å². The minimum absolute atomic E-state index is 0.00231. The van der Waals surface area contributed by atoms with Crippen molar-refractivity contribution in [2.24, 2.45) is 0 Å². The van der Waals surface area contributed by atoms with Gasteiger partial charge in [-0.15, -0.1) is 0 Å². The monoisotopic (exact) mass is 412 g/mol. The van der Waals surface area contributed by atoms with Crippen LogP contribution in [0.3, 0.4) is 0 Å². The van der Waals surface area contributed by atoms with Crippen molar-refractivity contribution in [2.45, 2.75) is 20.3 Å². The Hall–Kier alpha value is -2.33. The second kappa shape index (κ2) is 9.74. The SMILES string of the molecule is CCCNC(=O)CN1CCN(c2ccc(C(=O)O)cc2NS(=O)(=O)CC)CC1. The third-order valence-electron chi connectivity index (χ3n) is 4.54. The third-order valence-corrected chi connectivity index (χ3v) is 5.83. The van der Waals surface area contributed by atoms with Crippen LogP contribution in [0.1, 0.15) is 30.6 Å². The number of carbonyl (C=O) groups excluding carboxylic acids is 1. The number of carboxylic acids is 1. The van der Waals surface area contributed by atoms with Crippen LogP contribution in [0.25, 0.3) is 0 Å². The molecule has 0 spiro atoms. The fourth-order valence-corrected chi connectivity index (χ4v) is 3.58. The van der Waals surface area contributed by atoms with E-state index in [0.29, 0.717) is 45.0 Å². The second-order valence-electron chi connectivity index (χ2n) is 6.66. The molecule has 0 unspecified atom stereocenters. The number of nitrogens with zero attached hydrogens (tertiary/aromatic N) is 2. The summed E-state index contributed by atoms with van der Waals surface area (Å²) in [6.45, 7) is 7.03. The van der Waals surface area contributed by atoms with Crippen LogP contribution in [0.5, 0.6) is 0 Å². The molecule has 0 saturated carbocycles. The number of anilines is 2. The lowest BCUT2D eigenvalue weighted by atomic mass is 10.1. The molecule has 1 heterocycles. The van der Waals surface area contributed by atoms with E-state index in [0.717, 1.165) is 6.42 Å². The quantitative estimate of drug-likeness (QED) is 0.549. The van der Waals surface area contributed by atoms with Crippen LogP contribution in [-0.2, 0) is 14.8 Å². The van der Waals surface area contributed by atoms with Crippen molar-refractivity contribution < 1.29 is 23.1 Å². The van der Waals surface area contributed by atoms with Crippen LogP contribution in [0.2, 0.25) is 0 Å². The number of aromatic carboxylic acids is 1. The number of carboxylic acid groups (broad SMARTS) is 1.